The smallest absolute Gasteiger partial charge is 0.313 e. The summed E-state index contributed by atoms with van der Waals surface area (Å²) in [5, 5.41) is 21.8. The van der Waals surface area contributed by atoms with E-state index in [0.29, 0.717) is 25.1 Å². The Morgan fingerprint density at radius 2 is 1.83 bits per heavy atom. The highest BCUT2D eigenvalue weighted by Gasteiger charge is 2.49. The van der Waals surface area contributed by atoms with Crippen molar-refractivity contribution in [3.8, 4) is 0 Å². The summed E-state index contributed by atoms with van der Waals surface area (Å²) in [7, 11) is 1.76. The van der Waals surface area contributed by atoms with Crippen molar-refractivity contribution in [2.45, 2.75) is 25.5 Å². The number of nitrogens with zero attached hydrogens (tertiary/aromatic N) is 2. The van der Waals surface area contributed by atoms with Crippen LogP contribution >= 0.6 is 0 Å². The molecular weight excluding hydrogens is 380 g/mol. The highest BCUT2D eigenvalue weighted by molar-refractivity contribution is 5.79. The maximum Gasteiger partial charge on any atom is 0.313 e. The molecule has 0 aliphatic carbocycles. The Morgan fingerprint density at radius 3 is 2.57 bits per heavy atom. The van der Waals surface area contributed by atoms with E-state index in [-0.39, 0.29) is 18.5 Å². The number of hydrogen-bond donors (Lipinski definition) is 2. The number of carbonyl (C=O) groups is 1. The van der Waals surface area contributed by atoms with Gasteiger partial charge in [-0.25, -0.2) is 0 Å². The van der Waals surface area contributed by atoms with Gasteiger partial charge in [-0.2, -0.15) is 0 Å². The summed E-state index contributed by atoms with van der Waals surface area (Å²) in [5.41, 5.74) is 0.990. The second kappa shape index (κ2) is 8.05. The standard InChI is InChI=1S/C24H26N2O4/c1-25-20-10-6-5-9-18(20)13-19(22(25)28)15-26-12-11-21(27)24(16-26,23(29)30)14-17-7-3-2-4-8-17/h2-10,13,21,27H,11-12,14-16H2,1H3,(H,29,30)/t21-,24+/m0/s1. The van der Waals surface area contributed by atoms with E-state index in [4.69, 9.17) is 0 Å². The van der Waals surface area contributed by atoms with Crippen molar-refractivity contribution >= 4 is 16.9 Å². The molecule has 0 amide bonds. The maximum absolute atomic E-state index is 12.9. The van der Waals surface area contributed by atoms with Gasteiger partial charge in [0.15, 0.2) is 0 Å². The molecule has 0 spiro atoms. The van der Waals surface area contributed by atoms with Gasteiger partial charge in [-0.1, -0.05) is 48.5 Å². The van der Waals surface area contributed by atoms with Gasteiger partial charge in [-0.15, -0.1) is 0 Å². The number of rotatable bonds is 5. The molecule has 1 fully saturated rings. The molecule has 1 saturated heterocycles. The van der Waals surface area contributed by atoms with Crippen molar-refractivity contribution < 1.29 is 15.0 Å². The predicted molar refractivity (Wildman–Crippen MR) is 115 cm³/mol. The number of likely N-dealkylation sites (tertiary alicyclic amines) is 1. The molecule has 0 saturated carbocycles. The first-order valence-corrected chi connectivity index (χ1v) is 10.2. The second-order valence-electron chi connectivity index (χ2n) is 8.23. The molecule has 0 radical (unpaired) electrons. The summed E-state index contributed by atoms with van der Waals surface area (Å²) in [6.07, 6.45) is -0.338. The van der Waals surface area contributed by atoms with Gasteiger partial charge in [0.1, 0.15) is 5.41 Å². The number of piperidine rings is 1. The molecule has 6 heteroatoms. The normalized spacial score (nSPS) is 22.3. The Hall–Kier alpha value is -2.96. The molecule has 156 valence electrons. The van der Waals surface area contributed by atoms with Gasteiger partial charge in [-0.05, 0) is 35.9 Å². The summed E-state index contributed by atoms with van der Waals surface area (Å²) in [6, 6.07) is 19.0. The average molecular weight is 406 g/mol. The average Bonchev–Trinajstić information content (AvgIpc) is 2.75. The molecule has 1 aliphatic rings. The lowest BCUT2D eigenvalue weighted by Crippen LogP contribution is -2.57. The predicted octanol–water partition coefficient (Wildman–Crippen LogP) is 2.42. The highest BCUT2D eigenvalue weighted by Crippen LogP contribution is 2.35. The quantitative estimate of drug-likeness (QED) is 0.680. The molecule has 2 aromatic carbocycles. The number of aryl methyl sites for hydroxylation is 1. The monoisotopic (exact) mass is 406 g/mol. The molecule has 1 aromatic heterocycles. The molecule has 4 rings (SSSR count). The van der Waals surface area contributed by atoms with Crippen LogP contribution in [-0.2, 0) is 24.8 Å². The summed E-state index contributed by atoms with van der Waals surface area (Å²) < 4.78 is 1.64. The molecule has 2 N–H and O–H groups in total. The number of aliphatic hydroxyl groups excluding tert-OH is 1. The summed E-state index contributed by atoms with van der Waals surface area (Å²) in [6.45, 7) is 1.09. The van der Waals surface area contributed by atoms with Gasteiger partial charge in [0.25, 0.3) is 5.56 Å². The largest absolute Gasteiger partial charge is 0.481 e. The zero-order chi connectivity index (χ0) is 21.3. The van der Waals surface area contributed by atoms with Gasteiger partial charge < -0.3 is 14.8 Å². The number of aromatic nitrogens is 1. The van der Waals surface area contributed by atoms with E-state index in [2.05, 4.69) is 0 Å². The van der Waals surface area contributed by atoms with Crippen LogP contribution < -0.4 is 5.56 Å². The summed E-state index contributed by atoms with van der Waals surface area (Å²) in [5.74, 6) is -1.00. The van der Waals surface area contributed by atoms with Crippen LogP contribution in [-0.4, -0.2) is 44.8 Å². The van der Waals surface area contributed by atoms with Crippen LogP contribution in [0.1, 0.15) is 17.5 Å². The van der Waals surface area contributed by atoms with Crippen LogP contribution in [0.15, 0.2) is 65.5 Å². The number of hydrogen-bond acceptors (Lipinski definition) is 4. The molecule has 6 nitrogen and oxygen atoms in total. The van der Waals surface area contributed by atoms with E-state index >= 15 is 0 Å². The van der Waals surface area contributed by atoms with Crippen molar-refractivity contribution in [1.82, 2.24) is 9.47 Å². The fourth-order valence-electron chi connectivity index (χ4n) is 4.56. The minimum atomic E-state index is -1.30. The lowest BCUT2D eigenvalue weighted by molar-refractivity contribution is -0.163. The number of aliphatic carboxylic acids is 1. The van der Waals surface area contributed by atoms with Crippen molar-refractivity contribution in [3.63, 3.8) is 0 Å². The van der Waals surface area contributed by atoms with Crippen LogP contribution in [0.25, 0.3) is 10.9 Å². The van der Waals surface area contributed by atoms with Gasteiger partial charge in [-0.3, -0.25) is 14.5 Å². The lowest BCUT2D eigenvalue weighted by atomic mass is 9.72. The van der Waals surface area contributed by atoms with E-state index in [9.17, 15) is 19.8 Å². The molecule has 3 aromatic rings. The molecule has 30 heavy (non-hydrogen) atoms. The number of pyridine rings is 1. The first-order chi connectivity index (χ1) is 14.4. The number of fused-ring (bicyclic) bond motifs is 1. The number of carboxylic acid groups (broad SMARTS) is 1. The molecule has 0 unspecified atom stereocenters. The van der Waals surface area contributed by atoms with E-state index in [0.717, 1.165) is 16.5 Å². The van der Waals surface area contributed by atoms with Crippen molar-refractivity contribution in [3.05, 3.63) is 82.1 Å². The Bertz CT molecular complexity index is 1130. The fourth-order valence-corrected chi connectivity index (χ4v) is 4.56. The van der Waals surface area contributed by atoms with Crippen molar-refractivity contribution in [2.24, 2.45) is 12.5 Å². The van der Waals surface area contributed by atoms with E-state index in [1.54, 1.807) is 11.6 Å². The van der Waals surface area contributed by atoms with Crippen molar-refractivity contribution in [1.29, 1.82) is 0 Å². The Balaban J connectivity index is 1.65. The number of carboxylic acids is 1. The van der Waals surface area contributed by atoms with Crippen LogP contribution in [0, 0.1) is 5.41 Å². The van der Waals surface area contributed by atoms with Crippen molar-refractivity contribution in [2.75, 3.05) is 13.1 Å². The van der Waals surface area contributed by atoms with Gasteiger partial charge in [0.05, 0.1) is 11.6 Å². The van der Waals surface area contributed by atoms with E-state index < -0.39 is 17.5 Å². The minimum absolute atomic E-state index is 0.0798. The number of aliphatic hydroxyl groups is 1. The Kier molecular flexibility index (Phi) is 5.45. The number of benzene rings is 2. The van der Waals surface area contributed by atoms with Crippen LogP contribution in [0.5, 0.6) is 0 Å². The van der Waals surface area contributed by atoms with E-state index in [1.165, 1.54) is 0 Å². The Morgan fingerprint density at radius 1 is 1.13 bits per heavy atom. The third-order valence-corrected chi connectivity index (χ3v) is 6.25. The third kappa shape index (κ3) is 3.64. The minimum Gasteiger partial charge on any atom is -0.481 e. The highest BCUT2D eigenvalue weighted by atomic mass is 16.4. The molecule has 2 atom stereocenters. The second-order valence-corrected chi connectivity index (χ2v) is 8.23. The first kappa shape index (κ1) is 20.3. The van der Waals surface area contributed by atoms with Gasteiger partial charge in [0, 0.05) is 32.2 Å². The van der Waals surface area contributed by atoms with Gasteiger partial charge >= 0.3 is 5.97 Å². The van der Waals surface area contributed by atoms with Crippen LogP contribution in [0.2, 0.25) is 0 Å². The molecule has 1 aliphatic heterocycles. The zero-order valence-corrected chi connectivity index (χ0v) is 17.0. The maximum atomic E-state index is 12.9. The SMILES string of the molecule is Cn1c(=O)c(CN2CC[C@H](O)[C@](Cc3ccccc3)(C(=O)O)C2)cc2ccccc21. The topological polar surface area (TPSA) is 82.8 Å². The Labute approximate surface area is 175 Å². The van der Waals surface area contributed by atoms with Crippen LogP contribution in [0.3, 0.4) is 0 Å². The van der Waals surface area contributed by atoms with Gasteiger partial charge in [0.2, 0.25) is 0 Å². The summed E-state index contributed by atoms with van der Waals surface area (Å²) >= 11 is 0. The zero-order valence-electron chi connectivity index (χ0n) is 17.0. The lowest BCUT2D eigenvalue weighted by Gasteiger charge is -2.43. The molecule has 0 bridgehead atoms. The molecular formula is C24H26N2O4. The van der Waals surface area contributed by atoms with E-state index in [1.807, 2.05) is 65.6 Å². The molecule has 2 heterocycles. The first-order valence-electron chi connectivity index (χ1n) is 10.2. The van der Waals surface area contributed by atoms with Crippen LogP contribution in [0.4, 0.5) is 0 Å². The number of para-hydroxylation sites is 1. The third-order valence-electron chi connectivity index (χ3n) is 6.25. The fraction of sp³-hybridized carbons (Fsp3) is 0.333. The summed E-state index contributed by atoms with van der Waals surface area (Å²) in [4.78, 5) is 27.2.